The summed E-state index contributed by atoms with van der Waals surface area (Å²) in [5.41, 5.74) is 5.43. The van der Waals surface area contributed by atoms with E-state index in [1.807, 2.05) is 0 Å². The second-order valence-corrected chi connectivity index (χ2v) is 3.12. The second-order valence-electron chi connectivity index (χ2n) is 3.12. The SMILES string of the molecule is COC1CCC(N)(CO)C1. The summed E-state index contributed by atoms with van der Waals surface area (Å²) < 4.78 is 5.12. The minimum Gasteiger partial charge on any atom is -0.394 e. The molecule has 60 valence electrons. The highest BCUT2D eigenvalue weighted by atomic mass is 16.5. The molecule has 0 saturated heterocycles. The van der Waals surface area contributed by atoms with Gasteiger partial charge in [0.2, 0.25) is 0 Å². The van der Waals surface area contributed by atoms with Gasteiger partial charge in [-0.3, -0.25) is 0 Å². The summed E-state index contributed by atoms with van der Waals surface area (Å²) in [5, 5.41) is 8.86. The van der Waals surface area contributed by atoms with Crippen molar-refractivity contribution in [1.82, 2.24) is 0 Å². The highest BCUT2D eigenvalue weighted by Crippen LogP contribution is 2.28. The maximum absolute atomic E-state index is 8.86. The van der Waals surface area contributed by atoms with Crippen molar-refractivity contribution in [2.45, 2.75) is 30.9 Å². The molecule has 2 unspecified atom stereocenters. The van der Waals surface area contributed by atoms with Gasteiger partial charge in [0, 0.05) is 12.6 Å². The molecule has 0 aromatic rings. The molecule has 1 saturated carbocycles. The fourth-order valence-electron chi connectivity index (χ4n) is 1.45. The predicted molar refractivity (Wildman–Crippen MR) is 38.7 cm³/mol. The minimum absolute atomic E-state index is 0.0762. The highest BCUT2D eigenvalue weighted by molar-refractivity contribution is 4.93. The fourth-order valence-corrected chi connectivity index (χ4v) is 1.45. The molecule has 2 atom stereocenters. The largest absolute Gasteiger partial charge is 0.394 e. The summed E-state index contributed by atoms with van der Waals surface area (Å²) in [7, 11) is 1.69. The molecular formula is C7H15NO2. The number of aliphatic hydroxyl groups is 1. The predicted octanol–water partition coefficient (Wildman–Crippen LogP) is -0.125. The molecule has 0 radical (unpaired) electrons. The van der Waals surface area contributed by atoms with E-state index in [2.05, 4.69) is 0 Å². The molecule has 0 aromatic carbocycles. The Bertz CT molecular complexity index is 118. The van der Waals surface area contributed by atoms with Gasteiger partial charge in [0.05, 0.1) is 12.7 Å². The van der Waals surface area contributed by atoms with Crippen molar-refractivity contribution in [2.24, 2.45) is 5.73 Å². The van der Waals surface area contributed by atoms with E-state index < -0.39 is 0 Å². The Balaban J connectivity index is 2.41. The third-order valence-electron chi connectivity index (χ3n) is 2.25. The number of nitrogens with two attached hydrogens (primary N) is 1. The Kier molecular flexibility index (Phi) is 2.28. The van der Waals surface area contributed by atoms with Crippen LogP contribution in [0.5, 0.6) is 0 Å². The Morgan fingerprint density at radius 3 is 2.80 bits per heavy atom. The number of ether oxygens (including phenoxy) is 1. The van der Waals surface area contributed by atoms with E-state index in [0.717, 1.165) is 19.3 Å². The summed E-state index contributed by atoms with van der Waals surface area (Å²) in [6.07, 6.45) is 2.91. The molecule has 0 amide bonds. The summed E-state index contributed by atoms with van der Waals surface area (Å²) >= 11 is 0. The maximum atomic E-state index is 8.86. The molecule has 1 aliphatic rings. The van der Waals surface area contributed by atoms with Gasteiger partial charge in [0.25, 0.3) is 0 Å². The van der Waals surface area contributed by atoms with E-state index in [1.165, 1.54) is 0 Å². The maximum Gasteiger partial charge on any atom is 0.0612 e. The molecule has 10 heavy (non-hydrogen) atoms. The molecule has 0 heterocycles. The van der Waals surface area contributed by atoms with Crippen molar-refractivity contribution in [3.63, 3.8) is 0 Å². The topological polar surface area (TPSA) is 55.5 Å². The monoisotopic (exact) mass is 145 g/mol. The number of aliphatic hydroxyl groups excluding tert-OH is 1. The van der Waals surface area contributed by atoms with E-state index in [9.17, 15) is 0 Å². The van der Waals surface area contributed by atoms with Crippen LogP contribution < -0.4 is 5.73 Å². The Labute approximate surface area is 61.2 Å². The molecule has 1 aliphatic carbocycles. The van der Waals surface area contributed by atoms with Crippen LogP contribution in [0.2, 0.25) is 0 Å². The molecule has 1 fully saturated rings. The summed E-state index contributed by atoms with van der Waals surface area (Å²) in [5.74, 6) is 0. The van der Waals surface area contributed by atoms with Gasteiger partial charge in [-0.05, 0) is 19.3 Å². The number of rotatable bonds is 2. The summed E-state index contributed by atoms with van der Waals surface area (Å²) in [4.78, 5) is 0. The first-order chi connectivity index (χ1) is 4.70. The molecule has 0 spiro atoms. The van der Waals surface area contributed by atoms with Gasteiger partial charge < -0.3 is 15.6 Å². The molecule has 3 heteroatoms. The van der Waals surface area contributed by atoms with Crippen LogP contribution in [0.15, 0.2) is 0 Å². The third-order valence-corrected chi connectivity index (χ3v) is 2.25. The van der Waals surface area contributed by atoms with Crippen molar-refractivity contribution in [2.75, 3.05) is 13.7 Å². The number of hydrogen-bond donors (Lipinski definition) is 2. The molecule has 3 N–H and O–H groups in total. The van der Waals surface area contributed by atoms with Gasteiger partial charge in [-0.15, -0.1) is 0 Å². The normalized spacial score (nSPS) is 40.5. The molecule has 0 aliphatic heterocycles. The molecule has 0 aromatic heterocycles. The quantitative estimate of drug-likeness (QED) is 0.569. The zero-order chi connectivity index (χ0) is 7.61. The molecular weight excluding hydrogens is 130 g/mol. The summed E-state index contributed by atoms with van der Waals surface area (Å²) in [6.45, 7) is 0.0762. The summed E-state index contributed by atoms with van der Waals surface area (Å²) in [6, 6.07) is 0. The van der Waals surface area contributed by atoms with Crippen molar-refractivity contribution < 1.29 is 9.84 Å². The first kappa shape index (κ1) is 7.98. The molecule has 0 bridgehead atoms. The van der Waals surface area contributed by atoms with Crippen molar-refractivity contribution in [3.8, 4) is 0 Å². The van der Waals surface area contributed by atoms with E-state index >= 15 is 0 Å². The van der Waals surface area contributed by atoms with Crippen LogP contribution in [0.3, 0.4) is 0 Å². The van der Waals surface area contributed by atoms with Crippen LogP contribution in [0.4, 0.5) is 0 Å². The number of methoxy groups -OCH3 is 1. The van der Waals surface area contributed by atoms with Gasteiger partial charge in [-0.25, -0.2) is 0 Å². The van der Waals surface area contributed by atoms with Gasteiger partial charge in [-0.2, -0.15) is 0 Å². The first-order valence-corrected chi connectivity index (χ1v) is 3.63. The van der Waals surface area contributed by atoms with Gasteiger partial charge in [-0.1, -0.05) is 0 Å². The Hall–Kier alpha value is -0.120. The van der Waals surface area contributed by atoms with E-state index in [1.54, 1.807) is 7.11 Å². The van der Waals surface area contributed by atoms with Crippen LogP contribution in [0.1, 0.15) is 19.3 Å². The first-order valence-electron chi connectivity index (χ1n) is 3.63. The average molecular weight is 145 g/mol. The lowest BCUT2D eigenvalue weighted by molar-refractivity contribution is 0.0958. The Morgan fingerprint density at radius 1 is 1.80 bits per heavy atom. The standard InChI is InChI=1S/C7H15NO2/c1-10-6-2-3-7(8,4-6)5-9/h6,9H,2-5,8H2,1H3. The van der Waals surface area contributed by atoms with Crippen molar-refractivity contribution in [1.29, 1.82) is 0 Å². The molecule has 3 nitrogen and oxygen atoms in total. The van der Waals surface area contributed by atoms with Crippen LogP contribution in [-0.4, -0.2) is 30.5 Å². The highest BCUT2D eigenvalue weighted by Gasteiger charge is 2.34. The third kappa shape index (κ3) is 1.48. The lowest BCUT2D eigenvalue weighted by Gasteiger charge is -2.19. The van der Waals surface area contributed by atoms with Crippen molar-refractivity contribution >= 4 is 0 Å². The Morgan fingerprint density at radius 2 is 2.50 bits per heavy atom. The minimum atomic E-state index is -0.360. The van der Waals surface area contributed by atoms with Gasteiger partial charge in [0.15, 0.2) is 0 Å². The second kappa shape index (κ2) is 2.86. The fraction of sp³-hybridized carbons (Fsp3) is 1.00. The van der Waals surface area contributed by atoms with E-state index in [0.29, 0.717) is 0 Å². The zero-order valence-electron chi connectivity index (χ0n) is 6.34. The van der Waals surface area contributed by atoms with Gasteiger partial charge in [0.1, 0.15) is 0 Å². The van der Waals surface area contributed by atoms with Crippen molar-refractivity contribution in [3.05, 3.63) is 0 Å². The zero-order valence-corrected chi connectivity index (χ0v) is 6.34. The van der Waals surface area contributed by atoms with Gasteiger partial charge >= 0.3 is 0 Å². The van der Waals surface area contributed by atoms with Crippen LogP contribution >= 0.6 is 0 Å². The van der Waals surface area contributed by atoms with E-state index in [4.69, 9.17) is 15.6 Å². The van der Waals surface area contributed by atoms with Crippen LogP contribution in [0.25, 0.3) is 0 Å². The lowest BCUT2D eigenvalue weighted by atomic mass is 10.0. The average Bonchev–Trinajstić information content (AvgIpc) is 2.33. The number of hydrogen-bond acceptors (Lipinski definition) is 3. The van der Waals surface area contributed by atoms with Crippen LogP contribution in [-0.2, 0) is 4.74 Å². The van der Waals surface area contributed by atoms with E-state index in [-0.39, 0.29) is 18.2 Å². The molecule has 1 rings (SSSR count). The smallest absolute Gasteiger partial charge is 0.0612 e. The van der Waals surface area contributed by atoms with Crippen LogP contribution in [0, 0.1) is 0 Å². The lowest BCUT2D eigenvalue weighted by Crippen LogP contribution is -2.41.